The minimum Gasteiger partial charge on any atom is -0.337 e. The molecule has 4 amide bonds. The van der Waals surface area contributed by atoms with E-state index in [1.165, 1.54) is 5.56 Å². The molecule has 4 rings (SSSR count). The molecule has 2 heterocycles. The number of urea groups is 1. The quantitative estimate of drug-likeness (QED) is 0.665. The van der Waals surface area contributed by atoms with Gasteiger partial charge in [0.2, 0.25) is 11.8 Å². The van der Waals surface area contributed by atoms with E-state index in [-0.39, 0.29) is 30.3 Å². The first-order valence-corrected chi connectivity index (χ1v) is 12.3. The van der Waals surface area contributed by atoms with Crippen LogP contribution in [0.3, 0.4) is 0 Å². The van der Waals surface area contributed by atoms with Crippen molar-refractivity contribution in [3.63, 3.8) is 0 Å². The van der Waals surface area contributed by atoms with Gasteiger partial charge in [0.05, 0.1) is 13.1 Å². The van der Waals surface area contributed by atoms with Crippen LogP contribution in [0.4, 0.5) is 4.79 Å². The number of hydrazine groups is 1. The maximum absolute atomic E-state index is 13.5. The van der Waals surface area contributed by atoms with E-state index in [1.54, 1.807) is 22.0 Å². The Morgan fingerprint density at radius 2 is 1.63 bits per heavy atom. The zero-order chi connectivity index (χ0) is 24.9. The van der Waals surface area contributed by atoms with Gasteiger partial charge in [0.25, 0.3) is 0 Å². The van der Waals surface area contributed by atoms with E-state index in [9.17, 15) is 14.4 Å². The van der Waals surface area contributed by atoms with Crippen LogP contribution in [0.1, 0.15) is 31.4 Å². The summed E-state index contributed by atoms with van der Waals surface area (Å²) < 4.78 is 0. The molecule has 8 nitrogen and oxygen atoms in total. The Labute approximate surface area is 207 Å². The van der Waals surface area contributed by atoms with Crippen molar-refractivity contribution in [3.05, 3.63) is 71.8 Å². The molecule has 2 aliphatic rings. The number of piperazine rings is 1. The second kappa shape index (κ2) is 10.9. The third-order valence-electron chi connectivity index (χ3n) is 6.73. The molecule has 2 aromatic carbocycles. The maximum atomic E-state index is 13.5. The van der Waals surface area contributed by atoms with Crippen molar-refractivity contribution < 1.29 is 14.4 Å². The van der Waals surface area contributed by atoms with Gasteiger partial charge in [-0.15, -0.1) is 0 Å². The summed E-state index contributed by atoms with van der Waals surface area (Å²) in [6.07, 6.45) is 1.14. The highest BCUT2D eigenvalue weighted by molar-refractivity contribution is 5.91. The molecule has 0 saturated carbocycles. The van der Waals surface area contributed by atoms with Crippen LogP contribution >= 0.6 is 0 Å². The molecule has 0 spiro atoms. The highest BCUT2D eigenvalue weighted by Crippen LogP contribution is 2.29. The Morgan fingerprint density at radius 1 is 1.00 bits per heavy atom. The van der Waals surface area contributed by atoms with E-state index >= 15 is 0 Å². The molecule has 0 aliphatic carbocycles. The Kier molecular flexibility index (Phi) is 7.70. The van der Waals surface area contributed by atoms with Gasteiger partial charge >= 0.3 is 6.03 Å². The number of nitrogens with one attached hydrogen (secondary N) is 1. The molecule has 0 aromatic heterocycles. The number of hydrogen-bond donors (Lipinski definition) is 1. The van der Waals surface area contributed by atoms with Crippen LogP contribution in [0.2, 0.25) is 0 Å². The van der Waals surface area contributed by atoms with E-state index in [1.807, 2.05) is 67.3 Å². The zero-order valence-electron chi connectivity index (χ0n) is 20.8. The van der Waals surface area contributed by atoms with Gasteiger partial charge in [-0.1, -0.05) is 74.5 Å². The smallest absolute Gasteiger partial charge is 0.334 e. The summed E-state index contributed by atoms with van der Waals surface area (Å²) in [5.74, 6) is -0.226. The normalized spacial score (nSPS) is 20.9. The monoisotopic (exact) mass is 477 g/mol. The maximum Gasteiger partial charge on any atom is 0.334 e. The molecule has 0 unspecified atom stereocenters. The number of aryl methyl sites for hydroxylation is 1. The van der Waals surface area contributed by atoms with Crippen molar-refractivity contribution in [3.8, 4) is 0 Å². The predicted octanol–water partition coefficient (Wildman–Crippen LogP) is 2.71. The van der Waals surface area contributed by atoms with E-state index in [2.05, 4.69) is 17.4 Å². The van der Waals surface area contributed by atoms with Gasteiger partial charge in [0.1, 0.15) is 12.2 Å². The van der Waals surface area contributed by atoms with Gasteiger partial charge in [-0.3, -0.25) is 9.59 Å². The molecular weight excluding hydrogens is 442 g/mol. The Balaban J connectivity index is 1.52. The summed E-state index contributed by atoms with van der Waals surface area (Å²) in [6.45, 7) is 5.24. The number of hydrogen-bond acceptors (Lipinski definition) is 4. The van der Waals surface area contributed by atoms with Crippen LogP contribution in [0.25, 0.3) is 0 Å². The zero-order valence-corrected chi connectivity index (χ0v) is 20.8. The number of fused-ring (bicyclic) bond motifs is 1. The van der Waals surface area contributed by atoms with Crippen LogP contribution in [0.5, 0.6) is 0 Å². The van der Waals surface area contributed by atoms with Crippen LogP contribution in [-0.4, -0.2) is 76.6 Å². The standard InChI is InChI=1S/C27H35N5O3/c1-20(2)25-26(34)30(16-10-15-21-11-6-4-7-12-21)18-23-31(25)24(33)19-29(3)32(23)27(35)28-17-22-13-8-5-9-14-22/h4-9,11-14,20,23,25H,10,15-19H2,1-3H3,(H,28,35)/t23-,25-/m0/s1. The van der Waals surface area contributed by atoms with Gasteiger partial charge in [-0.25, -0.2) is 14.8 Å². The second-order valence-electron chi connectivity index (χ2n) is 9.65. The predicted molar refractivity (Wildman–Crippen MR) is 134 cm³/mol. The molecule has 0 radical (unpaired) electrons. The van der Waals surface area contributed by atoms with Gasteiger partial charge in [0.15, 0.2) is 0 Å². The molecule has 35 heavy (non-hydrogen) atoms. The lowest BCUT2D eigenvalue weighted by atomic mass is 9.96. The largest absolute Gasteiger partial charge is 0.337 e. The fraction of sp³-hybridized carbons (Fsp3) is 0.444. The Bertz CT molecular complexity index is 1030. The summed E-state index contributed by atoms with van der Waals surface area (Å²) in [7, 11) is 1.75. The topological polar surface area (TPSA) is 76.2 Å². The van der Waals surface area contributed by atoms with Gasteiger partial charge in [-0.2, -0.15) is 0 Å². The average molecular weight is 478 g/mol. The minimum absolute atomic E-state index is 0.0353. The fourth-order valence-corrected chi connectivity index (χ4v) is 5.04. The van der Waals surface area contributed by atoms with Gasteiger partial charge < -0.3 is 15.1 Å². The van der Waals surface area contributed by atoms with Crippen molar-refractivity contribution >= 4 is 17.8 Å². The molecule has 2 aromatic rings. The van der Waals surface area contributed by atoms with Gasteiger partial charge in [0, 0.05) is 20.1 Å². The van der Waals surface area contributed by atoms with Crippen LogP contribution in [-0.2, 0) is 22.6 Å². The molecule has 0 bridgehead atoms. The van der Waals surface area contributed by atoms with E-state index < -0.39 is 12.2 Å². The third-order valence-corrected chi connectivity index (χ3v) is 6.73. The summed E-state index contributed by atoms with van der Waals surface area (Å²) in [5.41, 5.74) is 2.23. The summed E-state index contributed by atoms with van der Waals surface area (Å²) in [6, 6.07) is 19.1. The van der Waals surface area contributed by atoms with Crippen molar-refractivity contribution in [2.75, 3.05) is 26.7 Å². The number of carbonyl (C=O) groups is 3. The molecule has 2 aliphatic heterocycles. The minimum atomic E-state index is -0.587. The Morgan fingerprint density at radius 3 is 2.26 bits per heavy atom. The molecular formula is C27H35N5O3. The number of amides is 4. The Hall–Kier alpha value is -3.39. The van der Waals surface area contributed by atoms with Crippen molar-refractivity contribution in [2.45, 2.75) is 45.4 Å². The van der Waals surface area contributed by atoms with Crippen molar-refractivity contribution in [1.29, 1.82) is 0 Å². The van der Waals surface area contributed by atoms with Crippen LogP contribution in [0.15, 0.2) is 60.7 Å². The first-order chi connectivity index (χ1) is 16.9. The first-order valence-electron chi connectivity index (χ1n) is 12.3. The number of rotatable bonds is 7. The third kappa shape index (κ3) is 5.48. The molecule has 2 saturated heterocycles. The molecule has 2 atom stereocenters. The highest BCUT2D eigenvalue weighted by Gasteiger charge is 2.51. The van der Waals surface area contributed by atoms with E-state index in [0.29, 0.717) is 19.6 Å². The van der Waals surface area contributed by atoms with Gasteiger partial charge in [-0.05, 0) is 29.9 Å². The summed E-state index contributed by atoms with van der Waals surface area (Å²) >= 11 is 0. The number of likely N-dealkylation sites (N-methyl/N-ethyl adjacent to an activating group) is 1. The average Bonchev–Trinajstić information content (AvgIpc) is 2.84. The van der Waals surface area contributed by atoms with E-state index in [4.69, 9.17) is 0 Å². The first kappa shape index (κ1) is 24.7. The number of carbonyl (C=O) groups excluding carboxylic acids is 3. The fourth-order valence-electron chi connectivity index (χ4n) is 5.04. The van der Waals surface area contributed by atoms with E-state index in [0.717, 1.165) is 18.4 Å². The lowest BCUT2D eigenvalue weighted by Crippen LogP contribution is -2.76. The molecule has 186 valence electrons. The molecule has 2 fully saturated rings. The van der Waals surface area contributed by atoms with Crippen molar-refractivity contribution in [1.82, 2.24) is 25.1 Å². The lowest BCUT2D eigenvalue weighted by molar-refractivity contribution is -0.189. The van der Waals surface area contributed by atoms with Crippen LogP contribution in [0, 0.1) is 5.92 Å². The van der Waals surface area contributed by atoms with Crippen LogP contribution < -0.4 is 5.32 Å². The van der Waals surface area contributed by atoms with Crippen molar-refractivity contribution in [2.24, 2.45) is 5.92 Å². The highest BCUT2D eigenvalue weighted by atomic mass is 16.2. The number of nitrogens with zero attached hydrogens (tertiary/aromatic N) is 4. The second-order valence-corrected chi connectivity index (χ2v) is 9.65. The summed E-state index contributed by atoms with van der Waals surface area (Å²) in [4.78, 5) is 43.4. The number of benzene rings is 2. The lowest BCUT2D eigenvalue weighted by Gasteiger charge is -2.55. The molecule has 8 heteroatoms. The molecule has 1 N–H and O–H groups in total. The summed E-state index contributed by atoms with van der Waals surface area (Å²) in [5, 5.41) is 6.26. The SMILES string of the molecule is CC(C)[C@H]1C(=O)N(CCCc2ccccc2)C[C@H]2N1C(=O)CN(C)N2C(=O)NCc1ccccc1.